The van der Waals surface area contributed by atoms with E-state index in [1.807, 2.05) is 6.92 Å². The summed E-state index contributed by atoms with van der Waals surface area (Å²) in [6.45, 7) is 1.88. The second-order valence-corrected chi connectivity index (χ2v) is 6.24. The van der Waals surface area contributed by atoms with Gasteiger partial charge in [-0.05, 0) is 36.8 Å². The Bertz CT molecular complexity index is 763. The molecule has 2 rings (SSSR count). The number of rotatable bonds is 3. The van der Waals surface area contributed by atoms with Crippen LogP contribution in [0.2, 0.25) is 10.0 Å². The number of aromatic hydroxyl groups is 1. The lowest BCUT2D eigenvalue weighted by atomic mass is 10.1. The van der Waals surface area contributed by atoms with Crippen LogP contribution in [0, 0.1) is 6.92 Å². The number of aryl methyl sites for hydroxylation is 1. The van der Waals surface area contributed by atoms with Crippen molar-refractivity contribution < 1.29 is 9.90 Å². The Labute approximate surface area is 145 Å². The first-order valence-electron chi connectivity index (χ1n) is 6.16. The zero-order valence-electron chi connectivity index (χ0n) is 11.4. The molecule has 0 aliphatic carbocycles. The van der Waals surface area contributed by atoms with Crippen LogP contribution in [0.25, 0.3) is 0 Å². The van der Waals surface area contributed by atoms with Crippen molar-refractivity contribution in [2.45, 2.75) is 6.92 Å². The summed E-state index contributed by atoms with van der Waals surface area (Å²) >= 11 is 15.1. The number of hydrogen-bond donors (Lipinski definition) is 2. The number of hydrazone groups is 1. The quantitative estimate of drug-likeness (QED) is 0.586. The third-order valence-corrected chi connectivity index (χ3v) is 3.86. The number of nitrogens with one attached hydrogen (secondary N) is 1. The highest BCUT2D eigenvalue weighted by molar-refractivity contribution is 9.10. The van der Waals surface area contributed by atoms with Crippen LogP contribution in [0.5, 0.6) is 5.75 Å². The van der Waals surface area contributed by atoms with Crippen LogP contribution in [0.15, 0.2) is 39.9 Å². The maximum Gasteiger partial charge on any atom is 0.272 e. The Kier molecular flexibility index (Phi) is 5.45. The number of amides is 1. The molecule has 2 N–H and O–H groups in total. The van der Waals surface area contributed by atoms with Gasteiger partial charge in [-0.25, -0.2) is 5.43 Å². The Morgan fingerprint density at radius 2 is 2.00 bits per heavy atom. The van der Waals surface area contributed by atoms with E-state index >= 15 is 0 Å². The van der Waals surface area contributed by atoms with E-state index in [0.29, 0.717) is 20.6 Å². The molecule has 0 aliphatic rings. The van der Waals surface area contributed by atoms with E-state index in [2.05, 4.69) is 26.5 Å². The van der Waals surface area contributed by atoms with Gasteiger partial charge in [0.05, 0.1) is 21.8 Å². The van der Waals surface area contributed by atoms with Crippen molar-refractivity contribution in [2.24, 2.45) is 5.10 Å². The fourth-order valence-corrected chi connectivity index (χ4v) is 2.86. The molecule has 0 atom stereocenters. The van der Waals surface area contributed by atoms with Crippen LogP contribution in [0.3, 0.4) is 0 Å². The predicted octanol–water partition coefficient (Wildman–Crippen LogP) is 4.53. The monoisotopic (exact) mass is 400 g/mol. The lowest BCUT2D eigenvalue weighted by molar-refractivity contribution is 0.0955. The second-order valence-electron chi connectivity index (χ2n) is 4.51. The zero-order chi connectivity index (χ0) is 16.3. The van der Waals surface area contributed by atoms with Crippen LogP contribution in [-0.2, 0) is 0 Å². The molecule has 0 saturated carbocycles. The first-order valence-corrected chi connectivity index (χ1v) is 7.71. The molecule has 7 heteroatoms. The number of phenolic OH excluding ortho intramolecular Hbond substituents is 1. The number of hydrogen-bond acceptors (Lipinski definition) is 3. The highest BCUT2D eigenvalue weighted by Gasteiger charge is 2.10. The summed E-state index contributed by atoms with van der Waals surface area (Å²) in [6.07, 6.45) is 1.30. The summed E-state index contributed by atoms with van der Waals surface area (Å²) in [6, 6.07) is 8.27. The van der Waals surface area contributed by atoms with Gasteiger partial charge in [0, 0.05) is 10.0 Å². The second kappa shape index (κ2) is 7.13. The Balaban J connectivity index is 2.14. The molecule has 0 aliphatic heterocycles. The molecule has 2 aromatic carbocycles. The first kappa shape index (κ1) is 16.8. The average molecular weight is 402 g/mol. The van der Waals surface area contributed by atoms with Crippen LogP contribution >= 0.6 is 39.1 Å². The summed E-state index contributed by atoms with van der Waals surface area (Å²) in [5.74, 6) is -0.557. The SMILES string of the molecule is Cc1ccc(C(=O)NN=Cc2cc(Br)cc(Cl)c2O)c(Cl)c1. The van der Waals surface area contributed by atoms with Gasteiger partial charge in [-0.3, -0.25) is 4.79 Å². The third kappa shape index (κ3) is 4.00. The molecule has 0 aromatic heterocycles. The molecule has 0 spiro atoms. The number of nitrogens with zero attached hydrogens (tertiary/aromatic N) is 1. The standard InChI is InChI=1S/C15H11BrCl2N2O2/c1-8-2-3-11(12(17)4-8)15(22)20-19-7-9-5-10(16)6-13(18)14(9)21/h2-7,21H,1H3,(H,20,22). The molecular formula is C15H11BrCl2N2O2. The van der Waals surface area contributed by atoms with Gasteiger partial charge in [-0.2, -0.15) is 5.10 Å². The molecule has 2 aromatic rings. The van der Waals surface area contributed by atoms with E-state index in [1.54, 1.807) is 30.3 Å². The number of carbonyl (C=O) groups is 1. The Hall–Kier alpha value is -1.56. The van der Waals surface area contributed by atoms with Crippen molar-refractivity contribution in [2.75, 3.05) is 0 Å². The summed E-state index contributed by atoms with van der Waals surface area (Å²) in [4.78, 5) is 12.0. The van der Waals surface area contributed by atoms with Gasteiger partial charge in [-0.1, -0.05) is 45.2 Å². The lowest BCUT2D eigenvalue weighted by Gasteiger charge is -2.04. The van der Waals surface area contributed by atoms with E-state index in [-0.39, 0.29) is 10.8 Å². The minimum absolute atomic E-state index is 0.115. The van der Waals surface area contributed by atoms with Crippen molar-refractivity contribution >= 4 is 51.3 Å². The molecular weight excluding hydrogens is 391 g/mol. The summed E-state index contributed by atoms with van der Waals surface area (Å²) in [7, 11) is 0. The molecule has 0 unspecified atom stereocenters. The molecule has 1 amide bonds. The van der Waals surface area contributed by atoms with Crippen molar-refractivity contribution in [3.05, 3.63) is 61.5 Å². The van der Waals surface area contributed by atoms with Crippen LogP contribution in [0.4, 0.5) is 0 Å². The number of halogens is 3. The van der Waals surface area contributed by atoms with Crippen LogP contribution in [0.1, 0.15) is 21.5 Å². The molecule has 0 saturated heterocycles. The number of phenols is 1. The minimum atomic E-state index is -0.443. The average Bonchev–Trinajstić information content (AvgIpc) is 2.43. The van der Waals surface area contributed by atoms with Crippen molar-refractivity contribution in [1.82, 2.24) is 5.43 Å². The lowest BCUT2D eigenvalue weighted by Crippen LogP contribution is -2.18. The highest BCUT2D eigenvalue weighted by Crippen LogP contribution is 2.30. The Morgan fingerprint density at radius 1 is 1.27 bits per heavy atom. The normalized spacial score (nSPS) is 10.9. The van der Waals surface area contributed by atoms with E-state index in [4.69, 9.17) is 23.2 Å². The fraction of sp³-hybridized carbons (Fsp3) is 0.0667. The smallest absolute Gasteiger partial charge is 0.272 e. The topological polar surface area (TPSA) is 61.7 Å². The minimum Gasteiger partial charge on any atom is -0.506 e. The molecule has 4 nitrogen and oxygen atoms in total. The molecule has 22 heavy (non-hydrogen) atoms. The third-order valence-electron chi connectivity index (χ3n) is 2.80. The van der Waals surface area contributed by atoms with Gasteiger partial charge in [0.15, 0.2) is 0 Å². The predicted molar refractivity (Wildman–Crippen MR) is 92.1 cm³/mol. The van der Waals surface area contributed by atoms with Crippen molar-refractivity contribution in [3.8, 4) is 5.75 Å². The van der Waals surface area contributed by atoms with Gasteiger partial charge in [0.25, 0.3) is 5.91 Å². The highest BCUT2D eigenvalue weighted by atomic mass is 79.9. The molecule has 0 heterocycles. The van der Waals surface area contributed by atoms with E-state index in [1.165, 1.54) is 6.21 Å². The van der Waals surface area contributed by atoms with Crippen LogP contribution in [-0.4, -0.2) is 17.2 Å². The summed E-state index contributed by atoms with van der Waals surface area (Å²) in [5, 5.41) is 14.1. The molecule has 0 radical (unpaired) electrons. The number of benzene rings is 2. The largest absolute Gasteiger partial charge is 0.506 e. The maximum absolute atomic E-state index is 12.0. The van der Waals surface area contributed by atoms with Crippen molar-refractivity contribution in [1.29, 1.82) is 0 Å². The van der Waals surface area contributed by atoms with E-state index in [9.17, 15) is 9.90 Å². The summed E-state index contributed by atoms with van der Waals surface area (Å²) in [5.41, 5.74) is 4.00. The fourth-order valence-electron chi connectivity index (χ4n) is 1.71. The molecule has 114 valence electrons. The first-order chi connectivity index (χ1) is 10.4. The molecule has 0 bridgehead atoms. The maximum atomic E-state index is 12.0. The van der Waals surface area contributed by atoms with Gasteiger partial charge in [0.2, 0.25) is 0 Å². The van der Waals surface area contributed by atoms with Gasteiger partial charge < -0.3 is 5.11 Å². The molecule has 0 fully saturated rings. The van der Waals surface area contributed by atoms with E-state index in [0.717, 1.165) is 5.56 Å². The van der Waals surface area contributed by atoms with Crippen molar-refractivity contribution in [3.63, 3.8) is 0 Å². The zero-order valence-corrected chi connectivity index (χ0v) is 14.5. The van der Waals surface area contributed by atoms with E-state index < -0.39 is 5.91 Å². The van der Waals surface area contributed by atoms with Gasteiger partial charge in [0.1, 0.15) is 5.75 Å². The Morgan fingerprint density at radius 3 is 2.68 bits per heavy atom. The van der Waals surface area contributed by atoms with Gasteiger partial charge in [-0.15, -0.1) is 0 Å². The summed E-state index contributed by atoms with van der Waals surface area (Å²) < 4.78 is 0.685. The van der Waals surface area contributed by atoms with Gasteiger partial charge >= 0.3 is 0 Å². The van der Waals surface area contributed by atoms with Crippen LogP contribution < -0.4 is 5.43 Å². The number of carbonyl (C=O) groups excluding carboxylic acids is 1.